The van der Waals surface area contributed by atoms with Gasteiger partial charge in [0.15, 0.2) is 10.9 Å². The van der Waals surface area contributed by atoms with Gasteiger partial charge in [0.25, 0.3) is 5.56 Å². The number of rotatable bonds is 8. The molecule has 0 N–H and O–H groups in total. The summed E-state index contributed by atoms with van der Waals surface area (Å²) >= 11 is 8.81. The number of Topliss-reactive ketones (excluding diaryl/α,β-unsaturated/α-hetero) is 1. The highest BCUT2D eigenvalue weighted by atomic mass is 35.5. The third-order valence-corrected chi connectivity index (χ3v) is 8.83. The molecule has 4 aromatic rings. The van der Waals surface area contributed by atoms with Crippen LogP contribution < -0.4 is 5.56 Å². The number of ether oxygens (including phenoxy) is 1. The number of nitrogens with zero attached hydrogens (tertiary/aromatic N) is 2. The highest BCUT2D eigenvalue weighted by Crippen LogP contribution is 2.36. The molecule has 0 spiro atoms. The minimum absolute atomic E-state index is 0.0284. The number of thioether (sulfide) groups is 1. The summed E-state index contributed by atoms with van der Waals surface area (Å²) in [7, 11) is 0. The molecule has 8 heteroatoms. The lowest BCUT2D eigenvalue weighted by atomic mass is 9.96. The van der Waals surface area contributed by atoms with E-state index in [1.165, 1.54) is 23.1 Å². The van der Waals surface area contributed by atoms with Crippen molar-refractivity contribution in [3.05, 3.63) is 91.5 Å². The van der Waals surface area contributed by atoms with Gasteiger partial charge in [0.1, 0.15) is 4.83 Å². The highest BCUT2D eigenvalue weighted by Gasteiger charge is 2.28. The molecule has 2 aromatic carbocycles. The molecule has 5 nitrogen and oxygen atoms in total. The van der Waals surface area contributed by atoms with E-state index in [1.54, 1.807) is 28.8 Å². The van der Waals surface area contributed by atoms with Crippen molar-refractivity contribution in [3.8, 4) is 0 Å². The smallest absolute Gasteiger partial charge is 0.263 e. The van der Waals surface area contributed by atoms with Crippen molar-refractivity contribution in [3.63, 3.8) is 0 Å². The summed E-state index contributed by atoms with van der Waals surface area (Å²) in [6, 6.07) is 17.0. The molecule has 0 fully saturated rings. The Morgan fingerprint density at radius 2 is 1.94 bits per heavy atom. The van der Waals surface area contributed by atoms with Crippen molar-refractivity contribution in [2.75, 3.05) is 5.75 Å². The molecule has 186 valence electrons. The zero-order valence-corrected chi connectivity index (χ0v) is 22.6. The van der Waals surface area contributed by atoms with Gasteiger partial charge in [0, 0.05) is 28.4 Å². The van der Waals surface area contributed by atoms with Crippen LogP contribution in [0.4, 0.5) is 0 Å². The number of ketones is 1. The number of benzene rings is 2. The van der Waals surface area contributed by atoms with Gasteiger partial charge in [0.2, 0.25) is 0 Å². The van der Waals surface area contributed by atoms with Crippen LogP contribution >= 0.6 is 34.7 Å². The van der Waals surface area contributed by atoms with E-state index in [-0.39, 0.29) is 23.2 Å². The molecule has 1 aliphatic rings. The van der Waals surface area contributed by atoms with Gasteiger partial charge in [-0.25, -0.2) is 4.98 Å². The number of thiophene rings is 1. The van der Waals surface area contributed by atoms with Gasteiger partial charge in [-0.2, -0.15) is 0 Å². The number of fused-ring (bicyclic) bond motifs is 3. The van der Waals surface area contributed by atoms with Crippen molar-refractivity contribution in [1.29, 1.82) is 0 Å². The van der Waals surface area contributed by atoms with Crippen LogP contribution in [-0.4, -0.2) is 27.2 Å². The maximum atomic E-state index is 13.9. The Bertz CT molecular complexity index is 1450. The second-order valence-corrected chi connectivity index (χ2v) is 11.7. The van der Waals surface area contributed by atoms with Crippen LogP contribution in [-0.2, 0) is 30.7 Å². The van der Waals surface area contributed by atoms with Crippen molar-refractivity contribution in [1.82, 2.24) is 9.55 Å². The summed E-state index contributed by atoms with van der Waals surface area (Å²) in [4.78, 5) is 33.5. The van der Waals surface area contributed by atoms with Crippen molar-refractivity contribution in [2.24, 2.45) is 5.92 Å². The van der Waals surface area contributed by atoms with Crippen LogP contribution in [0.5, 0.6) is 0 Å². The average Bonchev–Trinajstić information content (AvgIpc) is 3.25. The molecular weight excluding hydrogens is 512 g/mol. The second-order valence-electron chi connectivity index (χ2n) is 9.29. The van der Waals surface area contributed by atoms with E-state index >= 15 is 0 Å². The molecule has 0 bridgehead atoms. The fourth-order valence-corrected chi connectivity index (χ4v) is 6.62. The Morgan fingerprint density at radius 3 is 2.67 bits per heavy atom. The first kappa shape index (κ1) is 25.2. The molecule has 0 amide bonds. The Labute approximate surface area is 223 Å². The third kappa shape index (κ3) is 5.30. The summed E-state index contributed by atoms with van der Waals surface area (Å²) < 4.78 is 7.80. The molecular formula is C28H27ClN2O3S2. The molecule has 3 heterocycles. The molecule has 1 aliphatic heterocycles. The van der Waals surface area contributed by atoms with Gasteiger partial charge >= 0.3 is 0 Å². The van der Waals surface area contributed by atoms with Gasteiger partial charge < -0.3 is 4.74 Å². The van der Waals surface area contributed by atoms with Crippen molar-refractivity contribution in [2.45, 2.75) is 51.1 Å². The van der Waals surface area contributed by atoms with E-state index in [1.807, 2.05) is 18.2 Å². The molecule has 5 rings (SSSR count). The number of aryl methyl sites for hydroxylation is 1. The number of carbonyl (C=O) groups is 1. The van der Waals surface area contributed by atoms with E-state index in [9.17, 15) is 9.59 Å². The van der Waals surface area contributed by atoms with E-state index < -0.39 is 0 Å². The van der Waals surface area contributed by atoms with Gasteiger partial charge in [0.05, 0.1) is 23.8 Å². The SMILES string of the molecule is CC(C)[C@H]1Cc2c(sc3nc(SCC(=O)c4ccc(Cl)cc4)n(CCc4ccccc4)c(=O)c23)CO1. The molecule has 36 heavy (non-hydrogen) atoms. The normalized spacial score (nSPS) is 15.4. The van der Waals surface area contributed by atoms with Crippen LogP contribution in [0.1, 0.15) is 40.2 Å². The van der Waals surface area contributed by atoms with E-state index in [2.05, 4.69) is 26.0 Å². The first-order chi connectivity index (χ1) is 17.4. The Hall–Kier alpha value is -2.45. The summed E-state index contributed by atoms with van der Waals surface area (Å²) in [5.41, 5.74) is 2.80. The molecule has 0 aliphatic carbocycles. The first-order valence-corrected chi connectivity index (χ1v) is 14.2. The third-order valence-electron chi connectivity index (χ3n) is 6.50. The van der Waals surface area contributed by atoms with Crippen molar-refractivity contribution >= 4 is 50.7 Å². The molecule has 0 radical (unpaired) electrons. The van der Waals surface area contributed by atoms with Gasteiger partial charge in [-0.05, 0) is 47.7 Å². The zero-order chi connectivity index (χ0) is 25.2. The lowest BCUT2D eigenvalue weighted by Gasteiger charge is -2.26. The molecule has 0 unspecified atom stereocenters. The standard InChI is InChI=1S/C28H27ClN2O3S2/c1-17(2)23-14-21-24(15-34-23)36-26-25(21)27(33)31(13-12-18-6-4-3-5-7-18)28(30-26)35-16-22(32)19-8-10-20(29)11-9-19/h3-11,17,23H,12-16H2,1-2H3/t23-/m1/s1. The number of carbonyl (C=O) groups excluding carboxylic acids is 1. The predicted molar refractivity (Wildman–Crippen MR) is 148 cm³/mol. The van der Waals surface area contributed by atoms with Gasteiger partial charge in [-0.15, -0.1) is 11.3 Å². The van der Waals surface area contributed by atoms with Crippen LogP contribution in [0.15, 0.2) is 64.5 Å². The fraction of sp³-hybridized carbons (Fsp3) is 0.321. The summed E-state index contributed by atoms with van der Waals surface area (Å²) in [6.07, 6.45) is 1.53. The van der Waals surface area contributed by atoms with Gasteiger partial charge in [-0.3, -0.25) is 14.2 Å². The number of halogens is 1. The number of hydrogen-bond donors (Lipinski definition) is 0. The first-order valence-electron chi connectivity index (χ1n) is 12.0. The zero-order valence-electron chi connectivity index (χ0n) is 20.2. The summed E-state index contributed by atoms with van der Waals surface area (Å²) in [6.45, 7) is 5.30. The monoisotopic (exact) mass is 538 g/mol. The van der Waals surface area contributed by atoms with E-state index in [0.717, 1.165) is 27.3 Å². The highest BCUT2D eigenvalue weighted by molar-refractivity contribution is 7.99. The largest absolute Gasteiger partial charge is 0.372 e. The van der Waals surface area contributed by atoms with Gasteiger partial charge in [-0.1, -0.05) is 67.5 Å². The second kappa shape index (κ2) is 10.9. The lowest BCUT2D eigenvalue weighted by molar-refractivity contribution is 0.00200. The molecule has 1 atom stereocenters. The average molecular weight is 539 g/mol. The minimum atomic E-state index is -0.0285. The molecule has 0 saturated carbocycles. The minimum Gasteiger partial charge on any atom is -0.372 e. The van der Waals surface area contributed by atoms with E-state index in [4.69, 9.17) is 21.3 Å². The van der Waals surface area contributed by atoms with Crippen molar-refractivity contribution < 1.29 is 9.53 Å². The van der Waals surface area contributed by atoms with E-state index in [0.29, 0.717) is 46.6 Å². The summed E-state index contributed by atoms with van der Waals surface area (Å²) in [5.74, 6) is 0.531. The Balaban J connectivity index is 1.50. The van der Waals surface area contributed by atoms with Crippen LogP contribution in [0.3, 0.4) is 0 Å². The molecule has 2 aromatic heterocycles. The number of hydrogen-bond acceptors (Lipinski definition) is 6. The maximum absolute atomic E-state index is 13.9. The Morgan fingerprint density at radius 1 is 1.19 bits per heavy atom. The predicted octanol–water partition coefficient (Wildman–Crippen LogP) is 6.43. The lowest BCUT2D eigenvalue weighted by Crippen LogP contribution is -2.29. The Kier molecular flexibility index (Phi) is 7.62. The van der Waals surface area contributed by atoms with Crippen LogP contribution in [0, 0.1) is 5.92 Å². The number of aromatic nitrogens is 2. The van der Waals surface area contributed by atoms with Crippen LogP contribution in [0.25, 0.3) is 10.2 Å². The maximum Gasteiger partial charge on any atom is 0.263 e. The molecule has 0 saturated heterocycles. The quantitative estimate of drug-likeness (QED) is 0.147. The topological polar surface area (TPSA) is 61.2 Å². The summed E-state index contributed by atoms with van der Waals surface area (Å²) in [5, 5.41) is 1.88. The fourth-order valence-electron chi connectivity index (χ4n) is 4.41. The van der Waals surface area contributed by atoms with Crippen LogP contribution in [0.2, 0.25) is 5.02 Å².